The zero-order valence-corrected chi connectivity index (χ0v) is 13.8. The molecule has 3 rings (SSSR count). The Morgan fingerprint density at radius 1 is 1.50 bits per heavy atom. The Labute approximate surface area is 136 Å². The third-order valence-electron chi connectivity index (χ3n) is 4.32. The van der Waals surface area contributed by atoms with Gasteiger partial charge in [-0.3, -0.25) is 14.1 Å². The van der Waals surface area contributed by atoms with Crippen LogP contribution in [0.5, 0.6) is 0 Å². The Balaban J connectivity index is 0.00000176. The van der Waals surface area contributed by atoms with Crippen LogP contribution < -0.4 is 11.3 Å². The summed E-state index contributed by atoms with van der Waals surface area (Å²) in [5.74, 6) is 0.711. The van der Waals surface area contributed by atoms with Crippen molar-refractivity contribution < 1.29 is 0 Å². The second-order valence-electron chi connectivity index (χ2n) is 6.03. The molecule has 1 fully saturated rings. The largest absolute Gasteiger partial charge is 0.329 e. The Bertz CT molecular complexity index is 711. The summed E-state index contributed by atoms with van der Waals surface area (Å²) in [4.78, 5) is 19.1. The van der Waals surface area contributed by atoms with E-state index in [2.05, 4.69) is 16.9 Å². The zero-order chi connectivity index (χ0) is 15.0. The average Bonchev–Trinajstić information content (AvgIpc) is 3.26. The van der Waals surface area contributed by atoms with Crippen molar-refractivity contribution in [3.05, 3.63) is 46.0 Å². The molecule has 0 spiro atoms. The van der Waals surface area contributed by atoms with E-state index in [1.54, 1.807) is 16.7 Å². The van der Waals surface area contributed by atoms with Crippen LogP contribution in [0.1, 0.15) is 24.1 Å². The van der Waals surface area contributed by atoms with Crippen LogP contribution in [0.2, 0.25) is 0 Å². The van der Waals surface area contributed by atoms with E-state index < -0.39 is 0 Å². The molecule has 22 heavy (non-hydrogen) atoms. The SMILES string of the molecule is Cc1cccn2c(=O)cc(CN(C)C(CN)C3CC3)nc12.Cl. The topological polar surface area (TPSA) is 63.6 Å². The summed E-state index contributed by atoms with van der Waals surface area (Å²) in [5, 5.41) is 0. The summed E-state index contributed by atoms with van der Waals surface area (Å²) in [7, 11) is 2.07. The van der Waals surface area contributed by atoms with Crippen LogP contribution in [0.3, 0.4) is 0 Å². The molecule has 2 aromatic rings. The highest BCUT2D eigenvalue weighted by Gasteiger charge is 2.32. The molecule has 2 heterocycles. The van der Waals surface area contributed by atoms with Crippen LogP contribution in [0.15, 0.2) is 29.2 Å². The van der Waals surface area contributed by atoms with Gasteiger partial charge in [-0.15, -0.1) is 12.4 Å². The summed E-state index contributed by atoms with van der Waals surface area (Å²) < 4.78 is 1.60. The van der Waals surface area contributed by atoms with Crippen LogP contribution in [-0.4, -0.2) is 33.9 Å². The zero-order valence-electron chi connectivity index (χ0n) is 13.0. The van der Waals surface area contributed by atoms with E-state index in [-0.39, 0.29) is 18.0 Å². The fourth-order valence-corrected chi connectivity index (χ4v) is 2.98. The first-order chi connectivity index (χ1) is 10.1. The molecule has 0 aliphatic heterocycles. The first kappa shape index (κ1) is 16.9. The van der Waals surface area contributed by atoms with Crippen molar-refractivity contribution in [3.63, 3.8) is 0 Å². The second kappa shape index (κ2) is 6.77. The molecule has 0 radical (unpaired) electrons. The number of halogens is 1. The van der Waals surface area contributed by atoms with E-state index in [0.29, 0.717) is 25.0 Å². The predicted molar refractivity (Wildman–Crippen MR) is 90.5 cm³/mol. The van der Waals surface area contributed by atoms with E-state index in [0.717, 1.165) is 16.9 Å². The minimum absolute atomic E-state index is 0. The van der Waals surface area contributed by atoms with Gasteiger partial charge in [-0.1, -0.05) is 6.07 Å². The van der Waals surface area contributed by atoms with Gasteiger partial charge in [-0.25, -0.2) is 4.98 Å². The van der Waals surface area contributed by atoms with Crippen molar-refractivity contribution >= 4 is 18.1 Å². The van der Waals surface area contributed by atoms with Gasteiger partial charge >= 0.3 is 0 Å². The molecule has 1 atom stereocenters. The quantitative estimate of drug-likeness (QED) is 0.908. The van der Waals surface area contributed by atoms with E-state index >= 15 is 0 Å². The van der Waals surface area contributed by atoms with E-state index in [9.17, 15) is 4.79 Å². The fourth-order valence-electron chi connectivity index (χ4n) is 2.98. The maximum Gasteiger partial charge on any atom is 0.258 e. The Morgan fingerprint density at radius 3 is 2.86 bits per heavy atom. The minimum Gasteiger partial charge on any atom is -0.329 e. The standard InChI is InChI=1S/C16H22N4O.ClH/c1-11-4-3-7-20-15(21)8-13(18-16(11)20)10-19(2)14(9-17)12-5-6-12;/h3-4,7-8,12,14H,5-6,9-10,17H2,1-2H3;1H. The monoisotopic (exact) mass is 322 g/mol. The Hall–Kier alpha value is -1.43. The van der Waals surface area contributed by atoms with Crippen LogP contribution >= 0.6 is 12.4 Å². The predicted octanol–water partition coefficient (Wildman–Crippen LogP) is 1.59. The molecule has 2 aromatic heterocycles. The van der Waals surface area contributed by atoms with Crippen LogP contribution in [0.25, 0.3) is 5.65 Å². The van der Waals surface area contributed by atoms with Crippen LogP contribution in [-0.2, 0) is 6.54 Å². The smallest absolute Gasteiger partial charge is 0.258 e. The normalized spacial score (nSPS) is 15.8. The lowest BCUT2D eigenvalue weighted by Gasteiger charge is -2.26. The fraction of sp³-hybridized carbons (Fsp3) is 0.500. The van der Waals surface area contributed by atoms with E-state index in [1.165, 1.54) is 12.8 Å². The molecule has 5 nitrogen and oxygen atoms in total. The molecule has 120 valence electrons. The molecule has 0 aromatic carbocycles. The lowest BCUT2D eigenvalue weighted by molar-refractivity contribution is 0.213. The molecule has 2 N–H and O–H groups in total. The van der Waals surface area contributed by atoms with Gasteiger partial charge in [0.1, 0.15) is 5.65 Å². The molecule has 1 unspecified atom stereocenters. The minimum atomic E-state index is -0.0252. The lowest BCUT2D eigenvalue weighted by Crippen LogP contribution is -2.39. The van der Waals surface area contributed by atoms with Crippen molar-refractivity contribution in [2.45, 2.75) is 32.4 Å². The third kappa shape index (κ3) is 3.32. The van der Waals surface area contributed by atoms with Gasteiger partial charge in [0.2, 0.25) is 0 Å². The number of nitrogens with zero attached hydrogens (tertiary/aromatic N) is 3. The summed E-state index contributed by atoms with van der Waals surface area (Å²) in [6, 6.07) is 5.86. The summed E-state index contributed by atoms with van der Waals surface area (Å²) in [6.07, 6.45) is 4.29. The number of likely N-dealkylation sites (N-methyl/N-ethyl adjacent to an activating group) is 1. The first-order valence-corrected chi connectivity index (χ1v) is 7.48. The van der Waals surface area contributed by atoms with Crippen molar-refractivity contribution in [1.29, 1.82) is 0 Å². The Morgan fingerprint density at radius 2 is 2.23 bits per heavy atom. The highest BCUT2D eigenvalue weighted by Crippen LogP contribution is 2.34. The van der Waals surface area contributed by atoms with Crippen molar-refractivity contribution in [2.75, 3.05) is 13.6 Å². The van der Waals surface area contributed by atoms with Gasteiger partial charge < -0.3 is 5.73 Å². The molecule has 0 saturated heterocycles. The van der Waals surface area contributed by atoms with E-state index in [1.807, 2.05) is 19.1 Å². The van der Waals surface area contributed by atoms with Gasteiger partial charge in [-0.05, 0) is 44.4 Å². The second-order valence-corrected chi connectivity index (χ2v) is 6.03. The number of aryl methyl sites for hydroxylation is 1. The van der Waals surface area contributed by atoms with Gasteiger partial charge in [0.05, 0.1) is 5.69 Å². The lowest BCUT2D eigenvalue weighted by atomic mass is 10.1. The summed E-state index contributed by atoms with van der Waals surface area (Å²) >= 11 is 0. The molecular formula is C16H23ClN4O. The number of pyridine rings is 1. The molecule has 0 bridgehead atoms. The average molecular weight is 323 g/mol. The highest BCUT2D eigenvalue weighted by molar-refractivity contribution is 5.85. The van der Waals surface area contributed by atoms with Crippen molar-refractivity contribution in [2.24, 2.45) is 11.7 Å². The summed E-state index contributed by atoms with van der Waals surface area (Å²) in [6.45, 7) is 3.30. The van der Waals surface area contributed by atoms with Crippen molar-refractivity contribution in [3.8, 4) is 0 Å². The highest BCUT2D eigenvalue weighted by atomic mass is 35.5. The number of hydrogen-bond donors (Lipinski definition) is 1. The molecule has 1 aliphatic rings. The molecule has 0 amide bonds. The van der Waals surface area contributed by atoms with Crippen molar-refractivity contribution in [1.82, 2.24) is 14.3 Å². The van der Waals surface area contributed by atoms with Gasteiger partial charge in [0.15, 0.2) is 0 Å². The number of rotatable bonds is 5. The summed E-state index contributed by atoms with van der Waals surface area (Å²) in [5.41, 5.74) is 8.43. The van der Waals surface area contributed by atoms with E-state index in [4.69, 9.17) is 5.73 Å². The maximum atomic E-state index is 12.2. The molecule has 1 aliphatic carbocycles. The Kier molecular flexibility index (Phi) is 5.21. The maximum absolute atomic E-state index is 12.2. The van der Waals surface area contributed by atoms with Crippen LogP contribution in [0, 0.1) is 12.8 Å². The first-order valence-electron chi connectivity index (χ1n) is 7.48. The number of fused-ring (bicyclic) bond motifs is 1. The van der Waals surface area contributed by atoms with Crippen LogP contribution in [0.4, 0.5) is 0 Å². The number of hydrogen-bond acceptors (Lipinski definition) is 4. The van der Waals surface area contributed by atoms with Gasteiger partial charge in [-0.2, -0.15) is 0 Å². The molecule has 1 saturated carbocycles. The number of aromatic nitrogens is 2. The number of nitrogens with two attached hydrogens (primary N) is 1. The van der Waals surface area contributed by atoms with Gasteiger partial charge in [0.25, 0.3) is 5.56 Å². The molecule has 6 heteroatoms. The van der Waals surface area contributed by atoms with Gasteiger partial charge in [0, 0.05) is 31.4 Å². The molecular weight excluding hydrogens is 300 g/mol. The third-order valence-corrected chi connectivity index (χ3v) is 4.32.